The van der Waals surface area contributed by atoms with Gasteiger partial charge in [-0.2, -0.15) is 0 Å². The lowest BCUT2D eigenvalue weighted by Gasteiger charge is -2.34. The number of halogens is 1. The topological polar surface area (TPSA) is 112 Å². The molecule has 3 rings (SSSR count). The smallest absolute Gasteiger partial charge is 0.272 e. The van der Waals surface area contributed by atoms with Crippen LogP contribution in [0.3, 0.4) is 0 Å². The standard InChI is InChI=1S/C18H19ClN4O5S/c1-28-16-10-12(2-4-14(16)21-29(26)27)17(24)22-6-8-23(9-7-22)18(25)15-5-3-13(19)11-20-15/h2-5,10-11,21H,6-9H2,1H3,(H,26,27). The maximum atomic E-state index is 12.8. The quantitative estimate of drug-likeness (QED) is 0.689. The normalized spacial score (nSPS) is 15.0. The number of pyridine rings is 1. The number of hydrogen-bond donors (Lipinski definition) is 2. The lowest BCUT2D eigenvalue weighted by molar-refractivity contribution is 0.0532. The molecule has 1 atom stereocenters. The van der Waals surface area contributed by atoms with Crippen molar-refractivity contribution in [2.75, 3.05) is 38.0 Å². The highest BCUT2D eigenvalue weighted by Gasteiger charge is 2.26. The van der Waals surface area contributed by atoms with Crippen LogP contribution in [0.25, 0.3) is 0 Å². The molecule has 2 heterocycles. The zero-order valence-corrected chi connectivity index (χ0v) is 17.1. The molecule has 154 valence electrons. The highest BCUT2D eigenvalue weighted by atomic mass is 35.5. The molecule has 29 heavy (non-hydrogen) atoms. The zero-order valence-electron chi connectivity index (χ0n) is 15.5. The van der Waals surface area contributed by atoms with E-state index in [2.05, 4.69) is 9.71 Å². The maximum absolute atomic E-state index is 12.8. The van der Waals surface area contributed by atoms with E-state index in [0.717, 1.165) is 0 Å². The van der Waals surface area contributed by atoms with Gasteiger partial charge >= 0.3 is 0 Å². The monoisotopic (exact) mass is 438 g/mol. The number of aromatic nitrogens is 1. The molecule has 0 saturated carbocycles. The first-order valence-electron chi connectivity index (χ1n) is 8.64. The van der Waals surface area contributed by atoms with Crippen LogP contribution in [0.1, 0.15) is 20.8 Å². The summed E-state index contributed by atoms with van der Waals surface area (Å²) in [6.07, 6.45) is 1.42. The highest BCUT2D eigenvalue weighted by Crippen LogP contribution is 2.26. The largest absolute Gasteiger partial charge is 0.495 e. The second kappa shape index (κ2) is 9.21. The van der Waals surface area contributed by atoms with Gasteiger partial charge in [-0.25, -0.2) is 9.19 Å². The molecule has 2 amide bonds. The summed E-state index contributed by atoms with van der Waals surface area (Å²) in [5.74, 6) is -0.138. The first-order chi connectivity index (χ1) is 13.9. The number of nitrogens with one attached hydrogen (secondary N) is 1. The Bertz CT molecular complexity index is 932. The molecule has 2 aromatic rings. The number of carbonyl (C=O) groups excluding carboxylic acids is 2. The SMILES string of the molecule is COc1cc(C(=O)N2CCN(C(=O)c3ccc(Cl)cn3)CC2)ccc1NS(=O)O. The van der Waals surface area contributed by atoms with Gasteiger partial charge in [0.2, 0.25) is 0 Å². The maximum Gasteiger partial charge on any atom is 0.272 e. The third-order valence-electron chi connectivity index (χ3n) is 4.45. The third kappa shape index (κ3) is 5.03. The third-order valence-corrected chi connectivity index (χ3v) is 5.06. The molecule has 1 aliphatic rings. The van der Waals surface area contributed by atoms with E-state index in [-0.39, 0.29) is 17.6 Å². The van der Waals surface area contributed by atoms with Gasteiger partial charge in [0.1, 0.15) is 11.4 Å². The molecule has 0 spiro atoms. The summed E-state index contributed by atoms with van der Waals surface area (Å²) >= 11 is 3.55. The van der Waals surface area contributed by atoms with E-state index < -0.39 is 11.3 Å². The van der Waals surface area contributed by atoms with Gasteiger partial charge < -0.3 is 14.5 Å². The summed E-state index contributed by atoms with van der Waals surface area (Å²) in [6, 6.07) is 7.75. The summed E-state index contributed by atoms with van der Waals surface area (Å²) in [4.78, 5) is 32.6. The van der Waals surface area contributed by atoms with E-state index in [0.29, 0.717) is 48.1 Å². The Hall–Kier alpha value is -2.69. The van der Waals surface area contributed by atoms with Gasteiger partial charge in [0, 0.05) is 37.9 Å². The van der Waals surface area contributed by atoms with E-state index in [1.165, 1.54) is 25.4 Å². The predicted molar refractivity (Wildman–Crippen MR) is 108 cm³/mol. The Labute approximate surface area is 175 Å². The molecular weight excluding hydrogens is 420 g/mol. The number of anilines is 1. The van der Waals surface area contributed by atoms with Crippen molar-refractivity contribution < 1.29 is 23.1 Å². The minimum atomic E-state index is -2.25. The Kier molecular flexibility index (Phi) is 6.68. The van der Waals surface area contributed by atoms with Crippen LogP contribution in [0.2, 0.25) is 5.02 Å². The van der Waals surface area contributed by atoms with Crippen molar-refractivity contribution in [3.05, 3.63) is 52.8 Å². The van der Waals surface area contributed by atoms with Crippen molar-refractivity contribution in [3.63, 3.8) is 0 Å². The Balaban J connectivity index is 1.64. The number of hydrogen-bond acceptors (Lipinski definition) is 5. The van der Waals surface area contributed by atoms with Crippen LogP contribution in [0, 0.1) is 0 Å². The van der Waals surface area contributed by atoms with Crippen molar-refractivity contribution in [2.24, 2.45) is 0 Å². The molecule has 1 aliphatic heterocycles. The number of methoxy groups -OCH3 is 1. The van der Waals surface area contributed by atoms with Gasteiger partial charge in [0.05, 0.1) is 17.8 Å². The summed E-state index contributed by atoms with van der Waals surface area (Å²) in [7, 11) is 1.41. The molecule has 1 saturated heterocycles. The predicted octanol–water partition coefficient (Wildman–Crippen LogP) is 1.89. The number of rotatable bonds is 5. The first kappa shape index (κ1) is 21.0. The molecular formula is C18H19ClN4O5S. The fourth-order valence-corrected chi connectivity index (χ4v) is 3.43. The average Bonchev–Trinajstić information content (AvgIpc) is 2.73. The molecule has 1 fully saturated rings. The van der Waals surface area contributed by atoms with Crippen LogP contribution in [0.4, 0.5) is 5.69 Å². The molecule has 9 nitrogen and oxygen atoms in total. The minimum absolute atomic E-state index is 0.206. The lowest BCUT2D eigenvalue weighted by atomic mass is 10.1. The number of benzene rings is 1. The lowest BCUT2D eigenvalue weighted by Crippen LogP contribution is -2.50. The average molecular weight is 439 g/mol. The van der Waals surface area contributed by atoms with Crippen LogP contribution in [0.15, 0.2) is 36.5 Å². The summed E-state index contributed by atoms with van der Waals surface area (Å²) < 4.78 is 27.4. The van der Waals surface area contributed by atoms with Crippen LogP contribution < -0.4 is 9.46 Å². The van der Waals surface area contributed by atoms with Crippen LogP contribution in [-0.2, 0) is 11.3 Å². The fourth-order valence-electron chi connectivity index (χ4n) is 2.96. The van der Waals surface area contributed by atoms with Gasteiger partial charge in [-0.15, -0.1) is 0 Å². The molecule has 2 N–H and O–H groups in total. The van der Waals surface area contributed by atoms with Crippen LogP contribution in [0.5, 0.6) is 5.75 Å². The van der Waals surface area contributed by atoms with E-state index in [1.54, 1.807) is 28.0 Å². The molecule has 1 unspecified atom stereocenters. The summed E-state index contributed by atoms with van der Waals surface area (Å²) in [6.45, 7) is 1.52. The molecule has 1 aromatic heterocycles. The van der Waals surface area contributed by atoms with E-state index in [9.17, 15) is 13.8 Å². The van der Waals surface area contributed by atoms with Crippen molar-refractivity contribution in [1.29, 1.82) is 0 Å². The number of ether oxygens (including phenoxy) is 1. The summed E-state index contributed by atoms with van der Waals surface area (Å²) in [5.41, 5.74) is 0.995. The highest BCUT2D eigenvalue weighted by molar-refractivity contribution is 7.80. The zero-order chi connectivity index (χ0) is 21.0. The van der Waals surface area contributed by atoms with Gasteiger partial charge in [-0.05, 0) is 30.3 Å². The van der Waals surface area contributed by atoms with Crippen LogP contribution in [-0.4, -0.2) is 68.6 Å². The second-order valence-electron chi connectivity index (χ2n) is 6.21. The van der Waals surface area contributed by atoms with Gasteiger partial charge in [-0.3, -0.25) is 18.9 Å². The van der Waals surface area contributed by atoms with Crippen molar-refractivity contribution in [2.45, 2.75) is 0 Å². The van der Waals surface area contributed by atoms with Gasteiger partial charge in [0.25, 0.3) is 23.1 Å². The van der Waals surface area contributed by atoms with Crippen molar-refractivity contribution >= 4 is 40.4 Å². The molecule has 0 bridgehead atoms. The molecule has 11 heteroatoms. The van der Waals surface area contributed by atoms with E-state index >= 15 is 0 Å². The van der Waals surface area contributed by atoms with Crippen molar-refractivity contribution in [3.8, 4) is 5.75 Å². The van der Waals surface area contributed by atoms with E-state index in [1.807, 2.05) is 0 Å². The Morgan fingerprint density at radius 3 is 2.34 bits per heavy atom. The number of carbonyl (C=O) groups is 2. The number of nitrogens with zero attached hydrogens (tertiary/aromatic N) is 3. The Morgan fingerprint density at radius 2 is 1.79 bits per heavy atom. The molecule has 0 radical (unpaired) electrons. The van der Waals surface area contributed by atoms with E-state index in [4.69, 9.17) is 20.9 Å². The molecule has 1 aromatic carbocycles. The number of amides is 2. The summed E-state index contributed by atoms with van der Waals surface area (Å²) in [5, 5.41) is 0.457. The van der Waals surface area contributed by atoms with Crippen molar-refractivity contribution in [1.82, 2.24) is 14.8 Å². The van der Waals surface area contributed by atoms with Gasteiger partial charge in [-0.1, -0.05) is 11.6 Å². The molecule has 0 aliphatic carbocycles. The first-order valence-corrected chi connectivity index (χ1v) is 10.1. The Morgan fingerprint density at radius 1 is 1.14 bits per heavy atom. The number of piperazine rings is 1. The van der Waals surface area contributed by atoms with Crippen LogP contribution >= 0.6 is 11.6 Å². The fraction of sp³-hybridized carbons (Fsp3) is 0.278. The van der Waals surface area contributed by atoms with Gasteiger partial charge in [0.15, 0.2) is 0 Å². The minimum Gasteiger partial charge on any atom is -0.495 e. The second-order valence-corrected chi connectivity index (χ2v) is 7.35.